The van der Waals surface area contributed by atoms with Gasteiger partial charge < -0.3 is 23.8 Å². The lowest BCUT2D eigenvalue weighted by Gasteiger charge is -2.17. The van der Waals surface area contributed by atoms with Crippen LogP contribution in [0, 0.1) is 24.4 Å². The predicted octanol–water partition coefficient (Wildman–Crippen LogP) is 6.51. The molecule has 0 spiro atoms. The first-order chi connectivity index (χ1) is 19.2. The zero-order valence-electron chi connectivity index (χ0n) is 22.6. The van der Waals surface area contributed by atoms with Crippen molar-refractivity contribution in [3.05, 3.63) is 89.0 Å². The summed E-state index contributed by atoms with van der Waals surface area (Å²) in [5, 5.41) is 3.27. The monoisotopic (exact) mass is 548 g/mol. The van der Waals surface area contributed by atoms with E-state index in [1.165, 1.54) is 6.26 Å². The quantitative estimate of drug-likeness (QED) is 0.136. The molecule has 40 heavy (non-hydrogen) atoms. The molecule has 0 amide bonds. The van der Waals surface area contributed by atoms with Crippen LogP contribution in [0.2, 0.25) is 0 Å². The number of nitrogens with one attached hydrogen (secondary N) is 1. The Morgan fingerprint density at radius 2 is 1.88 bits per heavy atom. The molecule has 0 aliphatic heterocycles. The van der Waals surface area contributed by atoms with Crippen LogP contribution in [0.3, 0.4) is 0 Å². The molecular formula is C30H27F3N4O3. The van der Waals surface area contributed by atoms with E-state index in [1.54, 1.807) is 43.0 Å². The number of carbonyl (C=O) groups is 1. The van der Waals surface area contributed by atoms with Crippen molar-refractivity contribution in [2.45, 2.75) is 13.8 Å². The summed E-state index contributed by atoms with van der Waals surface area (Å²) in [4.78, 5) is 18.3. The SMILES string of the molecule is CCO/C=C/c1cc(C(=O)c2cc(F)c(F)c(F)c2)n2cccc(-c3c(OC)cc4c(nc(C)n4C)c3NC)c12. The Kier molecular flexibility index (Phi) is 7.01. The first-order valence-corrected chi connectivity index (χ1v) is 12.5. The molecule has 2 aromatic carbocycles. The minimum atomic E-state index is -1.63. The Bertz CT molecular complexity index is 1800. The van der Waals surface area contributed by atoms with Crippen LogP contribution in [-0.4, -0.2) is 40.5 Å². The Morgan fingerprint density at radius 3 is 2.52 bits per heavy atom. The summed E-state index contributed by atoms with van der Waals surface area (Å²) in [7, 11) is 5.29. The van der Waals surface area contributed by atoms with E-state index in [-0.39, 0.29) is 11.3 Å². The van der Waals surface area contributed by atoms with Gasteiger partial charge in [-0.05, 0) is 44.2 Å². The smallest absolute Gasteiger partial charge is 0.209 e. The molecule has 0 atom stereocenters. The molecule has 10 heteroatoms. The molecule has 0 unspecified atom stereocenters. The van der Waals surface area contributed by atoms with Gasteiger partial charge in [0.25, 0.3) is 0 Å². The summed E-state index contributed by atoms with van der Waals surface area (Å²) < 4.78 is 56.5. The van der Waals surface area contributed by atoms with Gasteiger partial charge in [-0.2, -0.15) is 0 Å². The van der Waals surface area contributed by atoms with Crippen molar-refractivity contribution < 1.29 is 27.4 Å². The van der Waals surface area contributed by atoms with Gasteiger partial charge >= 0.3 is 0 Å². The summed E-state index contributed by atoms with van der Waals surface area (Å²) in [5.74, 6) is -3.81. The Labute approximate surface area is 228 Å². The maximum absolute atomic E-state index is 14.0. The standard InChI is InChI=1S/C30H27F3N4O3/c1-6-40-11-9-17-14-23(30(38)18-12-20(31)26(33)21(32)13-18)37-10-7-8-19(29(17)37)25-24(39-5)15-22-27(28(25)34-3)35-16(2)36(22)4/h7-15,34H,6H2,1-5H3/b11-9+. The van der Waals surface area contributed by atoms with E-state index in [2.05, 4.69) is 5.32 Å². The van der Waals surface area contributed by atoms with E-state index in [9.17, 15) is 18.0 Å². The average Bonchev–Trinajstić information content (AvgIpc) is 3.46. The molecule has 3 aromatic heterocycles. The number of ether oxygens (including phenoxy) is 2. The van der Waals surface area contributed by atoms with Gasteiger partial charge in [-0.3, -0.25) is 4.79 Å². The van der Waals surface area contributed by atoms with E-state index < -0.39 is 23.2 Å². The van der Waals surface area contributed by atoms with Crippen LogP contribution in [0.25, 0.3) is 33.8 Å². The first kappa shape index (κ1) is 26.9. The Morgan fingerprint density at radius 1 is 1.15 bits per heavy atom. The highest BCUT2D eigenvalue weighted by Crippen LogP contribution is 2.44. The molecule has 0 bridgehead atoms. The van der Waals surface area contributed by atoms with E-state index in [4.69, 9.17) is 14.5 Å². The van der Waals surface area contributed by atoms with Gasteiger partial charge in [0.1, 0.15) is 17.1 Å². The number of aryl methyl sites for hydroxylation is 2. The molecule has 3 heterocycles. The number of fused-ring (bicyclic) bond motifs is 2. The summed E-state index contributed by atoms with van der Waals surface area (Å²) >= 11 is 0. The lowest BCUT2D eigenvalue weighted by molar-refractivity contribution is 0.103. The summed E-state index contributed by atoms with van der Waals surface area (Å²) in [6, 6.07) is 8.54. The zero-order chi connectivity index (χ0) is 28.7. The zero-order valence-corrected chi connectivity index (χ0v) is 22.6. The Hall–Kier alpha value is -4.73. The van der Waals surface area contributed by atoms with Crippen molar-refractivity contribution >= 4 is 34.1 Å². The van der Waals surface area contributed by atoms with Gasteiger partial charge in [-0.1, -0.05) is 6.07 Å². The third kappa shape index (κ3) is 4.25. The molecule has 0 saturated heterocycles. The van der Waals surface area contributed by atoms with Crippen molar-refractivity contribution in [1.29, 1.82) is 0 Å². The molecule has 0 aliphatic rings. The molecule has 0 aliphatic carbocycles. The largest absolute Gasteiger partial charge is 0.501 e. The first-order valence-electron chi connectivity index (χ1n) is 12.5. The predicted molar refractivity (Wildman–Crippen MR) is 148 cm³/mol. The summed E-state index contributed by atoms with van der Waals surface area (Å²) in [6.07, 6.45) is 4.90. The molecule has 0 fully saturated rings. The number of pyridine rings is 1. The fourth-order valence-electron chi connectivity index (χ4n) is 4.93. The molecule has 7 nitrogen and oxygen atoms in total. The minimum absolute atomic E-state index is 0.123. The highest BCUT2D eigenvalue weighted by atomic mass is 19.2. The van der Waals surface area contributed by atoms with Gasteiger partial charge in [0.15, 0.2) is 17.5 Å². The molecule has 5 rings (SSSR count). The number of nitrogens with zero attached hydrogens (tertiary/aromatic N) is 3. The third-order valence-electron chi connectivity index (χ3n) is 6.91. The lowest BCUT2D eigenvalue weighted by Crippen LogP contribution is -2.08. The van der Waals surface area contributed by atoms with Crippen LogP contribution in [0.1, 0.15) is 34.4 Å². The number of methoxy groups -OCH3 is 1. The van der Waals surface area contributed by atoms with E-state index in [0.29, 0.717) is 46.7 Å². The van der Waals surface area contributed by atoms with Gasteiger partial charge in [0.05, 0.1) is 48.0 Å². The van der Waals surface area contributed by atoms with Crippen molar-refractivity contribution in [1.82, 2.24) is 14.0 Å². The highest BCUT2D eigenvalue weighted by molar-refractivity contribution is 6.11. The Balaban J connectivity index is 1.83. The number of carbonyl (C=O) groups excluding carboxylic acids is 1. The summed E-state index contributed by atoms with van der Waals surface area (Å²) in [5.41, 5.74) is 4.79. The van der Waals surface area contributed by atoms with Crippen LogP contribution < -0.4 is 10.1 Å². The number of benzene rings is 2. The van der Waals surface area contributed by atoms with E-state index in [1.807, 2.05) is 37.6 Å². The minimum Gasteiger partial charge on any atom is -0.501 e. The number of imidazole rings is 1. The number of halogens is 3. The number of rotatable bonds is 8. The molecule has 1 N–H and O–H groups in total. The second-order valence-corrected chi connectivity index (χ2v) is 9.13. The lowest BCUT2D eigenvalue weighted by atomic mass is 9.99. The number of aromatic nitrogens is 3. The molecule has 0 radical (unpaired) electrons. The normalized spacial score (nSPS) is 11.6. The number of hydrogen-bond donors (Lipinski definition) is 1. The molecule has 206 valence electrons. The fourth-order valence-corrected chi connectivity index (χ4v) is 4.93. The maximum Gasteiger partial charge on any atom is 0.209 e. The van der Waals surface area contributed by atoms with E-state index >= 15 is 0 Å². The van der Waals surface area contributed by atoms with Crippen molar-refractivity contribution in [3.63, 3.8) is 0 Å². The van der Waals surface area contributed by atoms with Crippen molar-refractivity contribution in [3.8, 4) is 16.9 Å². The second kappa shape index (κ2) is 10.4. The highest BCUT2D eigenvalue weighted by Gasteiger charge is 2.25. The van der Waals surface area contributed by atoms with E-state index in [0.717, 1.165) is 22.5 Å². The second-order valence-electron chi connectivity index (χ2n) is 9.13. The van der Waals surface area contributed by atoms with Gasteiger partial charge in [-0.25, -0.2) is 18.2 Å². The van der Waals surface area contributed by atoms with Crippen LogP contribution in [0.5, 0.6) is 5.75 Å². The molecule has 0 saturated carbocycles. The molecular weight excluding hydrogens is 521 g/mol. The average molecular weight is 549 g/mol. The topological polar surface area (TPSA) is 69.8 Å². The number of anilines is 1. The van der Waals surface area contributed by atoms with Crippen LogP contribution in [0.4, 0.5) is 18.9 Å². The van der Waals surface area contributed by atoms with Crippen LogP contribution in [0.15, 0.2) is 48.9 Å². The summed E-state index contributed by atoms with van der Waals surface area (Å²) in [6.45, 7) is 4.19. The molecule has 5 aromatic rings. The number of ketones is 1. The van der Waals surface area contributed by atoms with Crippen LogP contribution in [-0.2, 0) is 11.8 Å². The van der Waals surface area contributed by atoms with Gasteiger partial charge in [0, 0.05) is 43.0 Å². The van der Waals surface area contributed by atoms with Gasteiger partial charge in [-0.15, -0.1) is 0 Å². The van der Waals surface area contributed by atoms with Gasteiger partial charge in [0.2, 0.25) is 5.78 Å². The maximum atomic E-state index is 14.0. The van der Waals surface area contributed by atoms with Crippen molar-refractivity contribution in [2.75, 3.05) is 26.1 Å². The van der Waals surface area contributed by atoms with Crippen molar-refractivity contribution in [2.24, 2.45) is 7.05 Å². The number of hydrogen-bond acceptors (Lipinski definition) is 5. The fraction of sp³-hybridized carbons (Fsp3) is 0.200. The van der Waals surface area contributed by atoms with Crippen LogP contribution >= 0.6 is 0 Å². The third-order valence-corrected chi connectivity index (χ3v) is 6.91.